The molecule has 1 N–H and O–H groups in total. The van der Waals surface area contributed by atoms with Gasteiger partial charge in [-0.1, -0.05) is 12.1 Å². The lowest BCUT2D eigenvalue weighted by Gasteiger charge is -2.34. The number of nitrogens with zero attached hydrogens (tertiary/aromatic N) is 5. The van der Waals surface area contributed by atoms with Crippen molar-refractivity contribution in [2.75, 3.05) is 42.9 Å². The van der Waals surface area contributed by atoms with Gasteiger partial charge in [0.15, 0.2) is 5.89 Å². The first kappa shape index (κ1) is 21.3. The average molecular weight is 443 g/mol. The van der Waals surface area contributed by atoms with E-state index >= 15 is 0 Å². The van der Waals surface area contributed by atoms with Gasteiger partial charge in [0.2, 0.25) is 10.0 Å². The maximum Gasteiger partial charge on any atom is 0.243 e. The Labute approximate surface area is 182 Å². The number of anilines is 2. The first-order valence-corrected chi connectivity index (χ1v) is 11.7. The molecule has 0 amide bonds. The molecule has 2 aromatic heterocycles. The van der Waals surface area contributed by atoms with E-state index in [4.69, 9.17) is 4.42 Å². The number of oxazole rings is 1. The maximum absolute atomic E-state index is 13.1. The predicted molar refractivity (Wildman–Crippen MR) is 119 cm³/mol. The van der Waals surface area contributed by atoms with Gasteiger partial charge in [-0.15, -0.1) is 0 Å². The molecule has 4 rings (SSSR count). The van der Waals surface area contributed by atoms with Crippen LogP contribution in [0.25, 0.3) is 11.3 Å². The predicted octanol–water partition coefficient (Wildman–Crippen LogP) is 2.69. The zero-order chi connectivity index (χ0) is 22.0. The Morgan fingerprint density at radius 1 is 1.03 bits per heavy atom. The van der Waals surface area contributed by atoms with Crippen molar-refractivity contribution in [3.63, 3.8) is 0 Å². The van der Waals surface area contributed by atoms with Gasteiger partial charge in [0.25, 0.3) is 0 Å². The Morgan fingerprint density at radius 2 is 1.74 bits per heavy atom. The molecular formula is C21H26N6O3S. The Hall–Kier alpha value is -2.98. The van der Waals surface area contributed by atoms with Gasteiger partial charge < -0.3 is 14.6 Å². The number of aromatic nitrogens is 3. The molecule has 0 spiro atoms. The summed E-state index contributed by atoms with van der Waals surface area (Å²) in [6.07, 6.45) is 1.56. The van der Waals surface area contributed by atoms with Crippen molar-refractivity contribution in [1.82, 2.24) is 19.3 Å². The van der Waals surface area contributed by atoms with Crippen LogP contribution in [0.3, 0.4) is 0 Å². The van der Waals surface area contributed by atoms with Crippen molar-refractivity contribution in [3.05, 3.63) is 48.3 Å². The van der Waals surface area contributed by atoms with E-state index < -0.39 is 10.0 Å². The van der Waals surface area contributed by atoms with E-state index in [1.54, 1.807) is 37.5 Å². The van der Waals surface area contributed by atoms with E-state index in [0.29, 0.717) is 43.6 Å². The fraction of sp³-hybridized carbons (Fsp3) is 0.381. The summed E-state index contributed by atoms with van der Waals surface area (Å²) in [6.45, 7) is 8.34. The van der Waals surface area contributed by atoms with Crippen LogP contribution in [0, 0.1) is 13.8 Å². The Bertz CT molecular complexity index is 1150. The molecule has 1 aliphatic rings. The highest BCUT2D eigenvalue weighted by atomic mass is 32.2. The van der Waals surface area contributed by atoms with Gasteiger partial charge in [-0.3, -0.25) is 0 Å². The van der Waals surface area contributed by atoms with E-state index in [1.165, 1.54) is 4.31 Å². The van der Waals surface area contributed by atoms with Crippen LogP contribution in [0.4, 0.5) is 11.6 Å². The molecule has 0 unspecified atom stereocenters. The second-order valence-corrected chi connectivity index (χ2v) is 9.29. The molecule has 1 fully saturated rings. The van der Waals surface area contributed by atoms with Gasteiger partial charge in [-0.05, 0) is 26.0 Å². The van der Waals surface area contributed by atoms with E-state index in [-0.39, 0.29) is 4.90 Å². The molecule has 164 valence electrons. The third kappa shape index (κ3) is 4.54. The SMILES string of the molecule is CCNc1cc(N2CCN(S(=O)(=O)c3ccc(-c4coc(C)n4)cc3)CC2)nc(C)n1. The molecule has 0 saturated carbocycles. The molecule has 0 radical (unpaired) electrons. The number of piperazine rings is 1. The molecule has 1 aliphatic heterocycles. The van der Waals surface area contributed by atoms with Crippen LogP contribution in [-0.2, 0) is 10.0 Å². The van der Waals surface area contributed by atoms with Crippen LogP contribution in [0.5, 0.6) is 0 Å². The lowest BCUT2D eigenvalue weighted by Crippen LogP contribution is -2.49. The lowest BCUT2D eigenvalue weighted by atomic mass is 10.2. The maximum atomic E-state index is 13.1. The molecule has 3 aromatic rings. The van der Waals surface area contributed by atoms with Gasteiger partial charge in [-0.2, -0.15) is 4.31 Å². The van der Waals surface area contributed by atoms with Crippen LogP contribution in [0.2, 0.25) is 0 Å². The monoisotopic (exact) mass is 442 g/mol. The summed E-state index contributed by atoms with van der Waals surface area (Å²) in [4.78, 5) is 15.5. The third-order valence-corrected chi connectivity index (χ3v) is 7.06. The van der Waals surface area contributed by atoms with Crippen LogP contribution < -0.4 is 10.2 Å². The van der Waals surface area contributed by atoms with Crippen molar-refractivity contribution >= 4 is 21.7 Å². The number of sulfonamides is 1. The van der Waals surface area contributed by atoms with E-state index in [9.17, 15) is 8.42 Å². The van der Waals surface area contributed by atoms with Crippen LogP contribution >= 0.6 is 0 Å². The largest absolute Gasteiger partial charge is 0.449 e. The summed E-state index contributed by atoms with van der Waals surface area (Å²) in [5.74, 6) is 2.85. The molecule has 0 atom stereocenters. The van der Waals surface area contributed by atoms with Crippen LogP contribution in [-0.4, -0.2) is 60.4 Å². The fourth-order valence-electron chi connectivity index (χ4n) is 3.59. The molecule has 1 aromatic carbocycles. The van der Waals surface area contributed by atoms with Crippen molar-refractivity contribution in [2.24, 2.45) is 0 Å². The molecule has 0 aliphatic carbocycles. The number of nitrogens with one attached hydrogen (secondary N) is 1. The highest BCUT2D eigenvalue weighted by Crippen LogP contribution is 2.24. The van der Waals surface area contributed by atoms with Crippen molar-refractivity contribution in [1.29, 1.82) is 0 Å². The molecule has 1 saturated heterocycles. The summed E-state index contributed by atoms with van der Waals surface area (Å²) < 4.78 is 33.0. The van der Waals surface area contributed by atoms with Crippen molar-refractivity contribution in [2.45, 2.75) is 25.7 Å². The average Bonchev–Trinajstić information content (AvgIpc) is 3.20. The fourth-order valence-corrected chi connectivity index (χ4v) is 5.01. The highest BCUT2D eigenvalue weighted by Gasteiger charge is 2.29. The molecule has 31 heavy (non-hydrogen) atoms. The van der Waals surface area contributed by atoms with E-state index in [0.717, 1.165) is 23.7 Å². The molecule has 9 nitrogen and oxygen atoms in total. The number of hydrogen-bond acceptors (Lipinski definition) is 8. The normalized spacial score (nSPS) is 15.3. The van der Waals surface area contributed by atoms with Gasteiger partial charge in [0, 0.05) is 51.3 Å². The minimum Gasteiger partial charge on any atom is -0.449 e. The van der Waals surface area contributed by atoms with Crippen LogP contribution in [0.15, 0.2) is 45.9 Å². The summed E-state index contributed by atoms with van der Waals surface area (Å²) in [6, 6.07) is 8.67. The summed E-state index contributed by atoms with van der Waals surface area (Å²) in [5.41, 5.74) is 1.50. The summed E-state index contributed by atoms with van der Waals surface area (Å²) in [5, 5.41) is 3.21. The van der Waals surface area contributed by atoms with Gasteiger partial charge in [0.05, 0.1) is 4.90 Å². The quantitative estimate of drug-likeness (QED) is 0.621. The number of aryl methyl sites for hydroxylation is 2. The molecule has 0 bridgehead atoms. The first-order valence-electron chi connectivity index (χ1n) is 10.2. The Kier molecular flexibility index (Phi) is 5.92. The minimum atomic E-state index is -3.57. The van der Waals surface area contributed by atoms with Crippen molar-refractivity contribution in [3.8, 4) is 11.3 Å². The first-order chi connectivity index (χ1) is 14.9. The second kappa shape index (κ2) is 8.64. The van der Waals surface area contributed by atoms with E-state index in [2.05, 4.69) is 25.2 Å². The summed E-state index contributed by atoms with van der Waals surface area (Å²) >= 11 is 0. The smallest absolute Gasteiger partial charge is 0.243 e. The second-order valence-electron chi connectivity index (χ2n) is 7.36. The molecule has 10 heteroatoms. The van der Waals surface area contributed by atoms with E-state index in [1.807, 2.05) is 19.9 Å². The number of benzene rings is 1. The minimum absolute atomic E-state index is 0.275. The topological polar surface area (TPSA) is 104 Å². The highest BCUT2D eigenvalue weighted by molar-refractivity contribution is 7.89. The van der Waals surface area contributed by atoms with Crippen LogP contribution in [0.1, 0.15) is 18.6 Å². The van der Waals surface area contributed by atoms with Gasteiger partial charge in [-0.25, -0.2) is 23.4 Å². The van der Waals surface area contributed by atoms with Gasteiger partial charge in [0.1, 0.15) is 29.4 Å². The van der Waals surface area contributed by atoms with Gasteiger partial charge >= 0.3 is 0 Å². The Morgan fingerprint density at radius 3 is 2.35 bits per heavy atom. The summed E-state index contributed by atoms with van der Waals surface area (Å²) in [7, 11) is -3.57. The lowest BCUT2D eigenvalue weighted by molar-refractivity contribution is 0.383. The Balaban J connectivity index is 1.45. The standard InChI is InChI=1S/C21H26N6O3S/c1-4-22-20-13-21(24-15(2)23-20)26-9-11-27(12-10-26)31(28,29)18-7-5-17(6-8-18)19-14-30-16(3)25-19/h5-8,13-14H,4,9-12H2,1-3H3,(H,22,23,24). The third-order valence-electron chi connectivity index (χ3n) is 5.15. The zero-order valence-corrected chi connectivity index (χ0v) is 18.7. The number of hydrogen-bond donors (Lipinski definition) is 1. The zero-order valence-electron chi connectivity index (χ0n) is 17.9. The number of rotatable bonds is 6. The van der Waals surface area contributed by atoms with Crippen molar-refractivity contribution < 1.29 is 12.8 Å². The molecule has 3 heterocycles. The molecular weight excluding hydrogens is 416 g/mol.